The normalized spacial score (nSPS) is 23.4. The number of nitrogens with zero attached hydrogens (tertiary/aromatic N) is 1. The Hall–Kier alpha value is -0.820. The second-order valence-electron chi connectivity index (χ2n) is 5.18. The third-order valence-corrected chi connectivity index (χ3v) is 4.81. The van der Waals surface area contributed by atoms with Crippen LogP contribution in [0.1, 0.15) is 23.7 Å². The number of hydrogen-bond donors (Lipinski definition) is 2. The van der Waals surface area contributed by atoms with E-state index in [-0.39, 0.29) is 11.7 Å². The number of halogens is 1. The van der Waals surface area contributed by atoms with Gasteiger partial charge in [0.2, 0.25) is 0 Å². The molecule has 1 aliphatic heterocycles. The maximum Gasteiger partial charge on any atom is 0.253 e. The quantitative estimate of drug-likeness (QED) is 0.779. The van der Waals surface area contributed by atoms with Crippen LogP contribution in [0.4, 0.5) is 0 Å². The number of aromatic hydroxyl groups is 1. The number of amides is 1. The minimum Gasteiger partial charge on any atom is -0.507 e. The van der Waals surface area contributed by atoms with Crippen LogP contribution in [0.5, 0.6) is 5.75 Å². The molecule has 0 saturated carbocycles. The summed E-state index contributed by atoms with van der Waals surface area (Å²) in [6, 6.07) is 5.06. The number of nitrogens with two attached hydrogens (primary N) is 1. The van der Waals surface area contributed by atoms with E-state index in [9.17, 15) is 9.90 Å². The predicted octanol–water partition coefficient (Wildman–Crippen LogP) is 2.05. The van der Waals surface area contributed by atoms with Crippen molar-refractivity contribution < 1.29 is 9.90 Å². The second kappa shape index (κ2) is 6.09. The van der Waals surface area contributed by atoms with Gasteiger partial charge in [0.05, 0.1) is 3.57 Å². The molecule has 104 valence electrons. The Balaban J connectivity index is 2.13. The summed E-state index contributed by atoms with van der Waals surface area (Å²) < 4.78 is 0.751. The lowest BCUT2D eigenvalue weighted by molar-refractivity contribution is 0.0618. The van der Waals surface area contributed by atoms with Gasteiger partial charge in [0.1, 0.15) is 5.75 Å². The van der Waals surface area contributed by atoms with Gasteiger partial charge in [0, 0.05) is 18.7 Å². The highest BCUT2D eigenvalue weighted by Crippen LogP contribution is 2.25. The van der Waals surface area contributed by atoms with E-state index in [0.717, 1.165) is 16.5 Å². The Bertz CT molecular complexity index is 479. The third kappa shape index (κ3) is 3.20. The number of benzene rings is 1. The molecule has 1 saturated heterocycles. The topological polar surface area (TPSA) is 66.6 Å². The summed E-state index contributed by atoms with van der Waals surface area (Å²) in [4.78, 5) is 14.2. The zero-order valence-electron chi connectivity index (χ0n) is 11.0. The van der Waals surface area contributed by atoms with Gasteiger partial charge in [-0.25, -0.2) is 0 Å². The molecule has 2 atom stereocenters. The Labute approximate surface area is 127 Å². The molecule has 0 spiro atoms. The van der Waals surface area contributed by atoms with E-state index < -0.39 is 0 Å². The van der Waals surface area contributed by atoms with E-state index in [2.05, 4.69) is 6.92 Å². The van der Waals surface area contributed by atoms with Crippen molar-refractivity contribution in [3.8, 4) is 5.75 Å². The molecule has 1 fully saturated rings. The Kier molecular flexibility index (Phi) is 4.67. The molecular formula is C14H19IN2O2. The number of carbonyl (C=O) groups excluding carboxylic acids is 1. The standard InChI is InChI=1S/C14H19IN2O2/c1-9-4-5-17(8-11(9)7-16)14(19)10-2-3-12(15)13(18)6-10/h2-3,6,9,11,18H,4-5,7-8,16H2,1H3. The van der Waals surface area contributed by atoms with Gasteiger partial charge in [-0.3, -0.25) is 4.79 Å². The molecule has 1 aliphatic rings. The van der Waals surface area contributed by atoms with Crippen LogP contribution in [0.3, 0.4) is 0 Å². The smallest absolute Gasteiger partial charge is 0.253 e. The highest BCUT2D eigenvalue weighted by molar-refractivity contribution is 14.1. The van der Waals surface area contributed by atoms with Crippen LogP contribution in [-0.2, 0) is 0 Å². The summed E-state index contributed by atoms with van der Waals surface area (Å²) in [5.74, 6) is 1.08. The minimum atomic E-state index is -0.0166. The van der Waals surface area contributed by atoms with Crippen molar-refractivity contribution in [2.24, 2.45) is 17.6 Å². The van der Waals surface area contributed by atoms with Crippen molar-refractivity contribution in [2.75, 3.05) is 19.6 Å². The average molecular weight is 374 g/mol. The fourth-order valence-electron chi connectivity index (χ4n) is 2.47. The number of hydrogen-bond acceptors (Lipinski definition) is 3. The maximum absolute atomic E-state index is 12.4. The first-order valence-electron chi connectivity index (χ1n) is 6.50. The number of piperidine rings is 1. The lowest BCUT2D eigenvalue weighted by atomic mass is 9.87. The first-order valence-corrected chi connectivity index (χ1v) is 7.58. The van der Waals surface area contributed by atoms with Crippen LogP contribution in [0.2, 0.25) is 0 Å². The first-order chi connectivity index (χ1) is 9.02. The monoisotopic (exact) mass is 374 g/mol. The Morgan fingerprint density at radius 1 is 1.58 bits per heavy atom. The molecule has 0 aromatic heterocycles. The van der Waals surface area contributed by atoms with Crippen LogP contribution in [0.25, 0.3) is 0 Å². The van der Waals surface area contributed by atoms with E-state index in [1.165, 1.54) is 0 Å². The van der Waals surface area contributed by atoms with Gasteiger partial charge < -0.3 is 15.7 Å². The Morgan fingerprint density at radius 3 is 2.95 bits per heavy atom. The molecule has 1 aromatic carbocycles. The van der Waals surface area contributed by atoms with Crippen LogP contribution < -0.4 is 5.73 Å². The number of phenolic OH excluding ortho intramolecular Hbond substituents is 1. The van der Waals surface area contributed by atoms with E-state index in [0.29, 0.717) is 30.5 Å². The summed E-state index contributed by atoms with van der Waals surface area (Å²) in [5.41, 5.74) is 6.30. The van der Waals surface area contributed by atoms with Crippen LogP contribution in [-0.4, -0.2) is 35.5 Å². The number of carbonyl (C=O) groups is 1. The molecule has 2 rings (SSSR count). The molecule has 3 N–H and O–H groups in total. The average Bonchev–Trinajstić information content (AvgIpc) is 2.41. The third-order valence-electron chi connectivity index (χ3n) is 3.90. The molecule has 4 nitrogen and oxygen atoms in total. The highest BCUT2D eigenvalue weighted by atomic mass is 127. The fraction of sp³-hybridized carbons (Fsp3) is 0.500. The van der Waals surface area contributed by atoms with E-state index >= 15 is 0 Å². The van der Waals surface area contributed by atoms with E-state index in [1.807, 2.05) is 27.5 Å². The highest BCUT2D eigenvalue weighted by Gasteiger charge is 2.28. The first kappa shape index (κ1) is 14.6. The van der Waals surface area contributed by atoms with Crippen molar-refractivity contribution >= 4 is 28.5 Å². The van der Waals surface area contributed by atoms with Gasteiger partial charge in [-0.15, -0.1) is 0 Å². The van der Waals surface area contributed by atoms with E-state index in [1.54, 1.807) is 18.2 Å². The Morgan fingerprint density at radius 2 is 2.32 bits per heavy atom. The van der Waals surface area contributed by atoms with E-state index in [4.69, 9.17) is 5.73 Å². The van der Waals surface area contributed by atoms with Crippen molar-refractivity contribution in [3.63, 3.8) is 0 Å². The fourth-order valence-corrected chi connectivity index (χ4v) is 2.80. The van der Waals surface area contributed by atoms with Gasteiger partial charge in [0.25, 0.3) is 5.91 Å². The van der Waals surface area contributed by atoms with Gasteiger partial charge >= 0.3 is 0 Å². The molecule has 1 aromatic rings. The van der Waals surface area contributed by atoms with Crippen molar-refractivity contribution in [1.82, 2.24) is 4.90 Å². The van der Waals surface area contributed by atoms with Crippen LogP contribution in [0.15, 0.2) is 18.2 Å². The molecular weight excluding hydrogens is 355 g/mol. The lowest BCUT2D eigenvalue weighted by Gasteiger charge is -2.36. The van der Waals surface area contributed by atoms with Gasteiger partial charge in [-0.05, 0) is 65.6 Å². The zero-order chi connectivity index (χ0) is 14.0. The molecule has 0 bridgehead atoms. The van der Waals surface area contributed by atoms with Crippen LogP contribution in [0, 0.1) is 15.4 Å². The number of likely N-dealkylation sites (tertiary alicyclic amines) is 1. The van der Waals surface area contributed by atoms with Crippen molar-refractivity contribution in [2.45, 2.75) is 13.3 Å². The van der Waals surface area contributed by atoms with Crippen molar-refractivity contribution in [3.05, 3.63) is 27.3 Å². The molecule has 1 heterocycles. The largest absolute Gasteiger partial charge is 0.507 e. The summed E-state index contributed by atoms with van der Waals surface area (Å²) in [6.45, 7) is 4.28. The summed E-state index contributed by atoms with van der Waals surface area (Å²) >= 11 is 2.04. The maximum atomic E-state index is 12.4. The molecule has 0 aliphatic carbocycles. The number of phenols is 1. The van der Waals surface area contributed by atoms with Gasteiger partial charge in [0.15, 0.2) is 0 Å². The molecule has 19 heavy (non-hydrogen) atoms. The molecule has 5 heteroatoms. The van der Waals surface area contributed by atoms with Gasteiger partial charge in [-0.1, -0.05) is 6.92 Å². The second-order valence-corrected chi connectivity index (χ2v) is 6.34. The summed E-state index contributed by atoms with van der Waals surface area (Å²) in [7, 11) is 0. The van der Waals surface area contributed by atoms with Crippen molar-refractivity contribution in [1.29, 1.82) is 0 Å². The number of rotatable bonds is 2. The molecule has 1 amide bonds. The summed E-state index contributed by atoms with van der Waals surface area (Å²) in [6.07, 6.45) is 0.990. The van der Waals surface area contributed by atoms with Gasteiger partial charge in [-0.2, -0.15) is 0 Å². The van der Waals surface area contributed by atoms with Crippen LogP contribution >= 0.6 is 22.6 Å². The predicted molar refractivity (Wildman–Crippen MR) is 83.1 cm³/mol. The lowest BCUT2D eigenvalue weighted by Crippen LogP contribution is -2.45. The molecule has 2 unspecified atom stereocenters. The molecule has 0 radical (unpaired) electrons. The zero-order valence-corrected chi connectivity index (χ0v) is 13.1. The SMILES string of the molecule is CC1CCN(C(=O)c2ccc(I)c(O)c2)CC1CN. The summed E-state index contributed by atoms with van der Waals surface area (Å²) in [5, 5.41) is 9.69. The minimum absolute atomic E-state index is 0.0166.